The highest BCUT2D eigenvalue weighted by Gasteiger charge is 2.29. The molecule has 0 aromatic heterocycles. The van der Waals surface area contributed by atoms with E-state index in [9.17, 15) is 9.59 Å². The molecular formula is C14H17ClN2O3. The van der Waals surface area contributed by atoms with Crippen LogP contribution in [-0.2, 0) is 9.59 Å². The summed E-state index contributed by atoms with van der Waals surface area (Å²) in [4.78, 5) is 23.3. The largest absolute Gasteiger partial charge is 0.495 e. The maximum atomic E-state index is 11.8. The second-order valence-electron chi connectivity index (χ2n) is 4.84. The van der Waals surface area contributed by atoms with Crippen LogP contribution in [0.3, 0.4) is 0 Å². The lowest BCUT2D eigenvalue weighted by Gasteiger charge is -2.12. The van der Waals surface area contributed by atoms with Crippen molar-refractivity contribution in [2.24, 2.45) is 5.92 Å². The van der Waals surface area contributed by atoms with Gasteiger partial charge < -0.3 is 15.4 Å². The van der Waals surface area contributed by atoms with Crippen LogP contribution in [0.5, 0.6) is 5.75 Å². The Labute approximate surface area is 122 Å². The van der Waals surface area contributed by atoms with Crippen molar-refractivity contribution >= 4 is 29.1 Å². The molecule has 0 heterocycles. The maximum Gasteiger partial charge on any atom is 0.243 e. The molecule has 1 fully saturated rings. The standard InChI is InChI=1S/C14H17ClN2O3/c1-8-5-11(12(20-2)6-10(8)15)17-13(18)7-16-14(19)9-3-4-9/h5-6,9H,3-4,7H2,1-2H3,(H,16,19)(H,17,18). The van der Waals surface area contributed by atoms with Gasteiger partial charge in [-0.3, -0.25) is 9.59 Å². The van der Waals surface area contributed by atoms with E-state index in [0.717, 1.165) is 18.4 Å². The van der Waals surface area contributed by atoms with Gasteiger partial charge in [-0.25, -0.2) is 0 Å². The molecule has 0 spiro atoms. The van der Waals surface area contributed by atoms with Gasteiger partial charge in [0, 0.05) is 17.0 Å². The molecule has 1 aromatic rings. The minimum atomic E-state index is -0.293. The molecule has 5 nitrogen and oxygen atoms in total. The SMILES string of the molecule is COc1cc(Cl)c(C)cc1NC(=O)CNC(=O)C1CC1. The topological polar surface area (TPSA) is 67.4 Å². The average Bonchev–Trinajstić information content (AvgIpc) is 3.24. The molecule has 108 valence electrons. The summed E-state index contributed by atoms with van der Waals surface area (Å²) in [6, 6.07) is 3.39. The molecule has 1 aliphatic rings. The zero-order valence-corrected chi connectivity index (χ0v) is 12.2. The summed E-state index contributed by atoms with van der Waals surface area (Å²) in [6.07, 6.45) is 1.83. The van der Waals surface area contributed by atoms with Crippen LogP contribution in [0.4, 0.5) is 5.69 Å². The molecule has 2 amide bonds. The number of nitrogens with one attached hydrogen (secondary N) is 2. The molecule has 0 unspecified atom stereocenters. The number of anilines is 1. The van der Waals surface area contributed by atoms with Crippen molar-refractivity contribution in [2.45, 2.75) is 19.8 Å². The van der Waals surface area contributed by atoms with E-state index in [4.69, 9.17) is 16.3 Å². The molecule has 20 heavy (non-hydrogen) atoms. The summed E-state index contributed by atoms with van der Waals surface area (Å²) < 4.78 is 5.17. The van der Waals surface area contributed by atoms with E-state index in [2.05, 4.69) is 10.6 Å². The first-order chi connectivity index (χ1) is 9.51. The van der Waals surface area contributed by atoms with Crippen molar-refractivity contribution < 1.29 is 14.3 Å². The number of rotatable bonds is 5. The van der Waals surface area contributed by atoms with Crippen molar-refractivity contribution in [1.82, 2.24) is 5.32 Å². The first-order valence-corrected chi connectivity index (χ1v) is 6.80. The Kier molecular flexibility index (Phi) is 4.49. The summed E-state index contributed by atoms with van der Waals surface area (Å²) in [7, 11) is 1.51. The zero-order valence-electron chi connectivity index (χ0n) is 11.5. The maximum absolute atomic E-state index is 11.8. The van der Waals surface area contributed by atoms with E-state index in [0.29, 0.717) is 16.5 Å². The number of ether oxygens (including phenoxy) is 1. The fourth-order valence-corrected chi connectivity index (χ4v) is 1.94. The van der Waals surface area contributed by atoms with Crippen molar-refractivity contribution in [3.8, 4) is 5.75 Å². The van der Waals surface area contributed by atoms with Crippen molar-refractivity contribution in [1.29, 1.82) is 0 Å². The van der Waals surface area contributed by atoms with Crippen LogP contribution in [0.15, 0.2) is 12.1 Å². The number of carbonyl (C=O) groups is 2. The minimum absolute atomic E-state index is 0.0415. The van der Waals surface area contributed by atoms with E-state index in [1.165, 1.54) is 7.11 Å². The second-order valence-corrected chi connectivity index (χ2v) is 5.25. The molecule has 2 N–H and O–H groups in total. The fraction of sp³-hybridized carbons (Fsp3) is 0.429. The third kappa shape index (κ3) is 3.63. The van der Waals surface area contributed by atoms with Gasteiger partial charge in [-0.05, 0) is 31.4 Å². The number of hydrogen-bond acceptors (Lipinski definition) is 3. The summed E-state index contributed by atoms with van der Waals surface area (Å²) in [6.45, 7) is 1.80. The Morgan fingerprint density at radius 3 is 2.70 bits per heavy atom. The highest BCUT2D eigenvalue weighted by atomic mass is 35.5. The molecule has 1 aliphatic carbocycles. The summed E-state index contributed by atoms with van der Waals surface area (Å²) in [5.41, 5.74) is 1.38. The first kappa shape index (κ1) is 14.7. The van der Waals surface area contributed by atoms with Gasteiger partial charge in [-0.15, -0.1) is 0 Å². The summed E-state index contributed by atoms with van der Waals surface area (Å²) in [5.74, 6) is 0.232. The van der Waals surface area contributed by atoms with E-state index in [1.807, 2.05) is 6.92 Å². The van der Waals surface area contributed by atoms with Crippen LogP contribution in [0.25, 0.3) is 0 Å². The normalized spacial score (nSPS) is 13.8. The van der Waals surface area contributed by atoms with E-state index >= 15 is 0 Å². The van der Waals surface area contributed by atoms with Gasteiger partial charge in [0.05, 0.1) is 19.3 Å². The quantitative estimate of drug-likeness (QED) is 0.874. The summed E-state index contributed by atoms with van der Waals surface area (Å²) in [5, 5.41) is 5.89. The molecule has 6 heteroatoms. The Bertz CT molecular complexity index is 541. The predicted octanol–water partition coefficient (Wildman–Crippen LogP) is 2.12. The number of carbonyl (C=O) groups excluding carboxylic acids is 2. The number of hydrogen-bond donors (Lipinski definition) is 2. The molecule has 0 bridgehead atoms. The number of aryl methyl sites for hydroxylation is 1. The fourth-order valence-electron chi connectivity index (χ4n) is 1.78. The molecule has 0 radical (unpaired) electrons. The Morgan fingerprint density at radius 1 is 1.40 bits per heavy atom. The predicted molar refractivity (Wildman–Crippen MR) is 77.1 cm³/mol. The second kappa shape index (κ2) is 6.13. The molecular weight excluding hydrogens is 280 g/mol. The molecule has 1 aromatic carbocycles. The van der Waals surface area contributed by atoms with E-state index < -0.39 is 0 Å². The van der Waals surface area contributed by atoms with E-state index in [1.54, 1.807) is 12.1 Å². The van der Waals surface area contributed by atoms with Crippen LogP contribution in [0.2, 0.25) is 5.02 Å². The third-order valence-corrected chi connectivity index (χ3v) is 3.53. The van der Waals surface area contributed by atoms with E-state index in [-0.39, 0.29) is 24.3 Å². The molecule has 0 aliphatic heterocycles. The average molecular weight is 297 g/mol. The van der Waals surface area contributed by atoms with Crippen LogP contribution < -0.4 is 15.4 Å². The van der Waals surface area contributed by atoms with Gasteiger partial charge in [0.25, 0.3) is 0 Å². The van der Waals surface area contributed by atoms with Crippen molar-refractivity contribution in [3.05, 3.63) is 22.7 Å². The zero-order chi connectivity index (χ0) is 14.7. The molecule has 0 atom stereocenters. The summed E-state index contributed by atoms with van der Waals surface area (Å²) >= 11 is 6.00. The highest BCUT2D eigenvalue weighted by molar-refractivity contribution is 6.31. The van der Waals surface area contributed by atoms with Crippen LogP contribution in [-0.4, -0.2) is 25.5 Å². The number of methoxy groups -OCH3 is 1. The molecule has 2 rings (SSSR count). The van der Waals surface area contributed by atoms with Gasteiger partial charge in [0.2, 0.25) is 11.8 Å². The Balaban J connectivity index is 1.96. The lowest BCUT2D eigenvalue weighted by Crippen LogP contribution is -2.33. The number of halogens is 1. The third-order valence-electron chi connectivity index (χ3n) is 3.13. The van der Waals surface area contributed by atoms with Gasteiger partial charge in [0.15, 0.2) is 0 Å². The Hall–Kier alpha value is -1.75. The van der Waals surface area contributed by atoms with Crippen molar-refractivity contribution in [2.75, 3.05) is 19.0 Å². The number of benzene rings is 1. The van der Waals surface area contributed by atoms with Gasteiger partial charge in [-0.2, -0.15) is 0 Å². The van der Waals surface area contributed by atoms with Gasteiger partial charge >= 0.3 is 0 Å². The Morgan fingerprint density at radius 2 is 2.10 bits per heavy atom. The lowest BCUT2D eigenvalue weighted by molar-refractivity contribution is -0.125. The smallest absolute Gasteiger partial charge is 0.243 e. The van der Waals surface area contributed by atoms with Gasteiger partial charge in [-0.1, -0.05) is 11.6 Å². The molecule has 1 saturated carbocycles. The van der Waals surface area contributed by atoms with Crippen molar-refractivity contribution in [3.63, 3.8) is 0 Å². The number of amides is 2. The van der Waals surface area contributed by atoms with Crippen LogP contribution in [0, 0.1) is 12.8 Å². The van der Waals surface area contributed by atoms with Crippen LogP contribution in [0.1, 0.15) is 18.4 Å². The lowest BCUT2D eigenvalue weighted by atomic mass is 10.2. The first-order valence-electron chi connectivity index (χ1n) is 6.43. The van der Waals surface area contributed by atoms with Crippen LogP contribution >= 0.6 is 11.6 Å². The monoisotopic (exact) mass is 296 g/mol. The van der Waals surface area contributed by atoms with Gasteiger partial charge in [0.1, 0.15) is 5.75 Å². The minimum Gasteiger partial charge on any atom is -0.495 e. The molecule has 0 saturated heterocycles. The highest BCUT2D eigenvalue weighted by Crippen LogP contribution is 2.31.